The zero-order valence-corrected chi connectivity index (χ0v) is 12.9. The van der Waals surface area contributed by atoms with Crippen LogP contribution in [0, 0.1) is 0 Å². The molecular formula is C16H19NO3S. The van der Waals surface area contributed by atoms with Gasteiger partial charge in [0.05, 0.1) is 11.2 Å². The summed E-state index contributed by atoms with van der Waals surface area (Å²) in [7, 11) is -3.29. The first-order valence-electron chi connectivity index (χ1n) is 7.18. The Balaban J connectivity index is 2.08. The van der Waals surface area contributed by atoms with Gasteiger partial charge in [-0.3, -0.25) is 0 Å². The maximum Gasteiger partial charge on any atom is 0.176 e. The molecule has 0 spiro atoms. The van der Waals surface area contributed by atoms with E-state index >= 15 is 0 Å². The third kappa shape index (κ3) is 2.97. The first kappa shape index (κ1) is 14.2. The Bertz CT molecular complexity index is 714. The highest BCUT2D eigenvalue weighted by Gasteiger charge is 2.19. The van der Waals surface area contributed by atoms with Gasteiger partial charge in [0.1, 0.15) is 5.76 Å². The van der Waals surface area contributed by atoms with Crippen LogP contribution < -0.4 is 4.90 Å². The molecule has 0 radical (unpaired) electrons. The zero-order valence-electron chi connectivity index (χ0n) is 12.1. The SMILES string of the molecule is CS(=O)(=O)c1ccc(N2CCCCC2)cc1-c1ccco1. The van der Waals surface area contributed by atoms with Crippen LogP contribution in [0.15, 0.2) is 45.9 Å². The molecule has 112 valence electrons. The molecule has 0 amide bonds. The summed E-state index contributed by atoms with van der Waals surface area (Å²) in [6.45, 7) is 2.05. The van der Waals surface area contributed by atoms with Crippen LogP contribution in [-0.2, 0) is 9.84 Å². The molecule has 5 heteroatoms. The predicted molar refractivity (Wildman–Crippen MR) is 83.3 cm³/mol. The number of anilines is 1. The lowest BCUT2D eigenvalue weighted by atomic mass is 10.1. The number of nitrogens with zero attached hydrogens (tertiary/aromatic N) is 1. The van der Waals surface area contributed by atoms with E-state index in [-0.39, 0.29) is 0 Å². The molecule has 2 aromatic rings. The molecule has 1 aromatic heterocycles. The van der Waals surface area contributed by atoms with Crippen LogP contribution in [0.25, 0.3) is 11.3 Å². The lowest BCUT2D eigenvalue weighted by Gasteiger charge is -2.29. The molecule has 0 unspecified atom stereocenters. The summed E-state index contributed by atoms with van der Waals surface area (Å²) < 4.78 is 29.4. The van der Waals surface area contributed by atoms with Crippen molar-refractivity contribution < 1.29 is 12.8 Å². The molecule has 1 aromatic carbocycles. The molecule has 1 fully saturated rings. The highest BCUT2D eigenvalue weighted by atomic mass is 32.2. The summed E-state index contributed by atoms with van der Waals surface area (Å²) in [5.74, 6) is 0.592. The molecule has 4 nitrogen and oxygen atoms in total. The third-order valence-electron chi connectivity index (χ3n) is 3.87. The quantitative estimate of drug-likeness (QED) is 0.872. The predicted octanol–water partition coefficient (Wildman–Crippen LogP) is 3.34. The Labute approximate surface area is 125 Å². The second-order valence-electron chi connectivity index (χ2n) is 5.48. The Hall–Kier alpha value is -1.75. The fraction of sp³-hybridized carbons (Fsp3) is 0.375. The Kier molecular flexibility index (Phi) is 3.76. The fourth-order valence-corrected chi connectivity index (χ4v) is 3.69. The minimum Gasteiger partial charge on any atom is -0.464 e. The van der Waals surface area contributed by atoms with Crippen LogP contribution in [-0.4, -0.2) is 27.8 Å². The largest absolute Gasteiger partial charge is 0.464 e. The number of hydrogen-bond acceptors (Lipinski definition) is 4. The minimum atomic E-state index is -3.29. The second kappa shape index (κ2) is 5.56. The van der Waals surface area contributed by atoms with Gasteiger partial charge in [0.15, 0.2) is 9.84 Å². The van der Waals surface area contributed by atoms with Crippen molar-refractivity contribution in [1.29, 1.82) is 0 Å². The summed E-state index contributed by atoms with van der Waals surface area (Å²) in [6.07, 6.45) is 6.43. The van der Waals surface area contributed by atoms with E-state index in [2.05, 4.69) is 4.90 Å². The van der Waals surface area contributed by atoms with Gasteiger partial charge < -0.3 is 9.32 Å². The Morgan fingerprint density at radius 2 is 1.86 bits per heavy atom. The van der Waals surface area contributed by atoms with Crippen molar-refractivity contribution in [3.63, 3.8) is 0 Å². The molecule has 3 rings (SSSR count). The van der Waals surface area contributed by atoms with Crippen LogP contribution >= 0.6 is 0 Å². The van der Waals surface area contributed by atoms with E-state index in [0.717, 1.165) is 18.8 Å². The monoisotopic (exact) mass is 305 g/mol. The van der Waals surface area contributed by atoms with Crippen LogP contribution in [0.5, 0.6) is 0 Å². The average Bonchev–Trinajstić information content (AvgIpc) is 3.01. The van der Waals surface area contributed by atoms with E-state index in [9.17, 15) is 8.42 Å². The maximum atomic E-state index is 12.0. The summed E-state index contributed by atoms with van der Waals surface area (Å²) in [4.78, 5) is 2.63. The first-order valence-corrected chi connectivity index (χ1v) is 9.08. The van der Waals surface area contributed by atoms with Gasteiger partial charge in [0.2, 0.25) is 0 Å². The number of furan rings is 1. The highest BCUT2D eigenvalue weighted by molar-refractivity contribution is 7.90. The Morgan fingerprint density at radius 1 is 1.10 bits per heavy atom. The molecule has 1 aliphatic heterocycles. The van der Waals surface area contributed by atoms with Gasteiger partial charge in [-0.05, 0) is 49.6 Å². The van der Waals surface area contributed by atoms with Crippen molar-refractivity contribution in [1.82, 2.24) is 0 Å². The van der Waals surface area contributed by atoms with E-state index in [1.54, 1.807) is 24.5 Å². The first-order chi connectivity index (χ1) is 10.1. The lowest BCUT2D eigenvalue weighted by Crippen LogP contribution is -2.29. The molecule has 0 aliphatic carbocycles. The number of sulfone groups is 1. The zero-order chi connectivity index (χ0) is 14.9. The molecular weight excluding hydrogens is 286 g/mol. The standard InChI is InChI=1S/C16H19NO3S/c1-21(18,19)16-8-7-13(17-9-3-2-4-10-17)12-14(16)15-6-5-11-20-15/h5-8,11-12H,2-4,9-10H2,1H3. The van der Waals surface area contributed by atoms with Crippen molar-refractivity contribution in [2.45, 2.75) is 24.2 Å². The third-order valence-corrected chi connectivity index (χ3v) is 5.03. The van der Waals surface area contributed by atoms with Crippen molar-refractivity contribution in [2.75, 3.05) is 24.2 Å². The lowest BCUT2D eigenvalue weighted by molar-refractivity contribution is 0.574. The fourth-order valence-electron chi connectivity index (χ4n) is 2.81. The van der Waals surface area contributed by atoms with E-state index in [0.29, 0.717) is 16.2 Å². The van der Waals surface area contributed by atoms with E-state index in [4.69, 9.17) is 4.42 Å². The highest BCUT2D eigenvalue weighted by Crippen LogP contribution is 2.32. The van der Waals surface area contributed by atoms with Gasteiger partial charge in [-0.2, -0.15) is 0 Å². The summed E-state index contributed by atoms with van der Waals surface area (Å²) >= 11 is 0. The average molecular weight is 305 g/mol. The van der Waals surface area contributed by atoms with Gasteiger partial charge in [-0.25, -0.2) is 8.42 Å². The maximum absolute atomic E-state index is 12.0. The number of hydrogen-bond donors (Lipinski definition) is 0. The van der Waals surface area contributed by atoms with Crippen molar-refractivity contribution in [3.8, 4) is 11.3 Å². The van der Waals surface area contributed by atoms with Crippen LogP contribution in [0.4, 0.5) is 5.69 Å². The molecule has 2 heterocycles. The van der Waals surface area contributed by atoms with Crippen LogP contribution in [0.2, 0.25) is 0 Å². The van der Waals surface area contributed by atoms with Crippen LogP contribution in [0.3, 0.4) is 0 Å². The van der Waals surface area contributed by atoms with Gasteiger partial charge in [0.25, 0.3) is 0 Å². The van der Waals surface area contributed by atoms with E-state index in [1.807, 2.05) is 12.1 Å². The van der Waals surface area contributed by atoms with Gasteiger partial charge in [0, 0.05) is 30.6 Å². The normalized spacial score (nSPS) is 16.1. The molecule has 21 heavy (non-hydrogen) atoms. The van der Waals surface area contributed by atoms with Crippen molar-refractivity contribution in [2.24, 2.45) is 0 Å². The molecule has 0 saturated carbocycles. The van der Waals surface area contributed by atoms with E-state index < -0.39 is 9.84 Å². The van der Waals surface area contributed by atoms with Gasteiger partial charge in [-0.1, -0.05) is 0 Å². The molecule has 1 saturated heterocycles. The van der Waals surface area contributed by atoms with E-state index in [1.165, 1.54) is 25.5 Å². The van der Waals surface area contributed by atoms with Crippen molar-refractivity contribution in [3.05, 3.63) is 36.6 Å². The topological polar surface area (TPSA) is 50.5 Å². The summed E-state index contributed by atoms with van der Waals surface area (Å²) in [6, 6.07) is 9.09. The Morgan fingerprint density at radius 3 is 2.48 bits per heavy atom. The molecule has 0 N–H and O–H groups in total. The molecule has 1 aliphatic rings. The van der Waals surface area contributed by atoms with Crippen LogP contribution in [0.1, 0.15) is 19.3 Å². The van der Waals surface area contributed by atoms with Gasteiger partial charge >= 0.3 is 0 Å². The second-order valence-corrected chi connectivity index (χ2v) is 7.46. The molecule has 0 atom stereocenters. The van der Waals surface area contributed by atoms with Gasteiger partial charge in [-0.15, -0.1) is 0 Å². The summed E-state index contributed by atoms with van der Waals surface area (Å²) in [5, 5.41) is 0. The summed E-state index contributed by atoms with van der Waals surface area (Å²) in [5.41, 5.74) is 1.71. The minimum absolute atomic E-state index is 0.318. The van der Waals surface area contributed by atoms with Crippen molar-refractivity contribution >= 4 is 15.5 Å². The smallest absolute Gasteiger partial charge is 0.176 e. The number of rotatable bonds is 3. The number of benzene rings is 1. The molecule has 0 bridgehead atoms. The number of piperidine rings is 1.